The number of H-pyrrole nitrogens is 1. The molecule has 0 fully saturated rings. The van der Waals surface area contributed by atoms with E-state index in [1.165, 1.54) is 0 Å². The van der Waals surface area contributed by atoms with E-state index in [2.05, 4.69) is 15.0 Å². The smallest absolute Gasteiger partial charge is 0.123 e. The van der Waals surface area contributed by atoms with Crippen LogP contribution in [-0.4, -0.2) is 15.0 Å². The van der Waals surface area contributed by atoms with Crippen LogP contribution >= 0.6 is 0 Å². The minimum absolute atomic E-state index is 0.542. The van der Waals surface area contributed by atoms with Gasteiger partial charge < -0.3 is 10.7 Å². The summed E-state index contributed by atoms with van der Waals surface area (Å²) in [7, 11) is 0. The van der Waals surface area contributed by atoms with Crippen molar-refractivity contribution in [2.45, 2.75) is 6.92 Å². The lowest BCUT2D eigenvalue weighted by Gasteiger charge is -2.02. The molecule has 4 heteroatoms. The Kier molecular flexibility index (Phi) is 1.73. The quantitative estimate of drug-likeness (QED) is 0.686. The second kappa shape index (κ2) is 2.90. The summed E-state index contributed by atoms with van der Waals surface area (Å²) in [4.78, 5) is 11.1. The molecule has 0 spiro atoms. The van der Waals surface area contributed by atoms with Crippen LogP contribution < -0.4 is 5.73 Å². The van der Waals surface area contributed by atoms with Gasteiger partial charge in [0.1, 0.15) is 5.82 Å². The lowest BCUT2D eigenvalue weighted by atomic mass is 10.1. The van der Waals surface area contributed by atoms with Crippen LogP contribution in [0, 0.1) is 6.92 Å². The molecule has 2 heterocycles. The van der Waals surface area contributed by atoms with Gasteiger partial charge in [-0.2, -0.15) is 0 Å². The predicted octanol–water partition coefficient (Wildman–Crippen LogP) is 1.36. The third-order valence-electron chi connectivity index (χ3n) is 1.90. The highest BCUT2D eigenvalue weighted by atomic mass is 14.9. The first-order valence-electron chi connectivity index (χ1n) is 3.99. The summed E-state index contributed by atoms with van der Waals surface area (Å²) >= 11 is 0. The number of pyridine rings is 1. The van der Waals surface area contributed by atoms with Crippen molar-refractivity contribution >= 4 is 5.82 Å². The van der Waals surface area contributed by atoms with Crippen LogP contribution in [0.5, 0.6) is 0 Å². The molecule has 0 saturated carbocycles. The number of anilines is 1. The molecule has 0 aliphatic carbocycles. The summed E-state index contributed by atoms with van der Waals surface area (Å²) in [6.45, 7) is 1.92. The summed E-state index contributed by atoms with van der Waals surface area (Å²) in [6, 6.07) is 3.72. The fourth-order valence-electron chi connectivity index (χ4n) is 1.27. The molecule has 2 aromatic rings. The molecule has 4 nitrogen and oxygen atoms in total. The van der Waals surface area contributed by atoms with Crippen LogP contribution in [0.2, 0.25) is 0 Å². The Bertz CT molecular complexity index is 406. The average molecular weight is 174 g/mol. The van der Waals surface area contributed by atoms with Crippen molar-refractivity contribution in [3.63, 3.8) is 0 Å². The highest BCUT2D eigenvalue weighted by molar-refractivity contribution is 5.62. The van der Waals surface area contributed by atoms with Gasteiger partial charge in [0.2, 0.25) is 0 Å². The molecule has 0 saturated heterocycles. The maximum absolute atomic E-state index is 5.54. The van der Waals surface area contributed by atoms with Crippen LogP contribution in [0.3, 0.4) is 0 Å². The molecule has 0 radical (unpaired) electrons. The highest BCUT2D eigenvalue weighted by Crippen LogP contribution is 2.19. The van der Waals surface area contributed by atoms with E-state index in [0.29, 0.717) is 5.82 Å². The summed E-state index contributed by atoms with van der Waals surface area (Å²) in [5, 5.41) is 0. The van der Waals surface area contributed by atoms with Crippen molar-refractivity contribution in [3.8, 4) is 11.3 Å². The van der Waals surface area contributed by atoms with E-state index in [4.69, 9.17) is 5.73 Å². The van der Waals surface area contributed by atoms with E-state index in [9.17, 15) is 0 Å². The molecule has 66 valence electrons. The monoisotopic (exact) mass is 174 g/mol. The number of hydrogen-bond acceptors (Lipinski definition) is 3. The molecule has 0 unspecified atom stereocenters. The number of imidazole rings is 1. The zero-order chi connectivity index (χ0) is 9.26. The van der Waals surface area contributed by atoms with Crippen LogP contribution in [0.1, 0.15) is 5.69 Å². The van der Waals surface area contributed by atoms with Crippen LogP contribution in [0.4, 0.5) is 5.82 Å². The van der Waals surface area contributed by atoms with E-state index in [1.54, 1.807) is 18.6 Å². The number of aromatic amines is 1. The fraction of sp³-hybridized carbons (Fsp3) is 0.111. The number of hydrogen-bond donors (Lipinski definition) is 2. The Labute approximate surface area is 75.8 Å². The first-order chi connectivity index (χ1) is 6.27. The van der Waals surface area contributed by atoms with Crippen molar-refractivity contribution in [2.75, 3.05) is 5.73 Å². The van der Waals surface area contributed by atoms with E-state index in [0.717, 1.165) is 17.0 Å². The van der Waals surface area contributed by atoms with Gasteiger partial charge in [0.25, 0.3) is 0 Å². The zero-order valence-corrected chi connectivity index (χ0v) is 7.28. The minimum Gasteiger partial charge on any atom is -0.384 e. The Morgan fingerprint density at radius 2 is 2.23 bits per heavy atom. The molecule has 0 bridgehead atoms. The molecule has 0 atom stereocenters. The first-order valence-corrected chi connectivity index (χ1v) is 3.99. The van der Waals surface area contributed by atoms with Gasteiger partial charge in [-0.05, 0) is 19.1 Å². The summed E-state index contributed by atoms with van der Waals surface area (Å²) in [5.41, 5.74) is 8.45. The number of nitrogen functional groups attached to an aromatic ring is 1. The number of rotatable bonds is 1. The lowest BCUT2D eigenvalue weighted by Crippen LogP contribution is -1.94. The van der Waals surface area contributed by atoms with Gasteiger partial charge in [0, 0.05) is 11.3 Å². The third-order valence-corrected chi connectivity index (χ3v) is 1.90. The standard InChI is InChI=1S/C9H10N4/c1-6-7(2-3-9(10)13-6)8-4-11-5-12-8/h2-5H,1H3,(H2,10,13)(H,11,12). The molecule has 0 aliphatic heterocycles. The van der Waals surface area contributed by atoms with Crippen LogP contribution in [0.15, 0.2) is 24.7 Å². The molecular weight excluding hydrogens is 164 g/mol. The van der Waals surface area contributed by atoms with Crippen LogP contribution in [-0.2, 0) is 0 Å². The van der Waals surface area contributed by atoms with Crippen molar-refractivity contribution in [2.24, 2.45) is 0 Å². The van der Waals surface area contributed by atoms with Gasteiger partial charge in [-0.1, -0.05) is 0 Å². The Balaban J connectivity index is 2.53. The highest BCUT2D eigenvalue weighted by Gasteiger charge is 2.03. The van der Waals surface area contributed by atoms with Gasteiger partial charge in [-0.25, -0.2) is 9.97 Å². The molecule has 2 aromatic heterocycles. The SMILES string of the molecule is Cc1nc(N)ccc1-c1cnc[nH]1. The Morgan fingerprint density at radius 3 is 2.85 bits per heavy atom. The van der Waals surface area contributed by atoms with Crippen LogP contribution in [0.25, 0.3) is 11.3 Å². The van der Waals surface area contributed by atoms with E-state index < -0.39 is 0 Å². The third kappa shape index (κ3) is 1.38. The summed E-state index contributed by atoms with van der Waals surface area (Å²) in [5.74, 6) is 0.542. The molecule has 0 aliphatic rings. The number of aromatic nitrogens is 3. The summed E-state index contributed by atoms with van der Waals surface area (Å²) < 4.78 is 0. The van der Waals surface area contributed by atoms with Gasteiger partial charge in [-0.3, -0.25) is 0 Å². The number of nitrogens with zero attached hydrogens (tertiary/aromatic N) is 2. The van der Waals surface area contributed by atoms with Crippen molar-refractivity contribution < 1.29 is 0 Å². The maximum Gasteiger partial charge on any atom is 0.123 e. The normalized spacial score (nSPS) is 10.2. The van der Waals surface area contributed by atoms with Gasteiger partial charge in [0.15, 0.2) is 0 Å². The topological polar surface area (TPSA) is 67.6 Å². The van der Waals surface area contributed by atoms with Crippen molar-refractivity contribution in [3.05, 3.63) is 30.4 Å². The van der Waals surface area contributed by atoms with Gasteiger partial charge in [-0.15, -0.1) is 0 Å². The zero-order valence-electron chi connectivity index (χ0n) is 7.28. The molecule has 0 aromatic carbocycles. The second-order valence-corrected chi connectivity index (χ2v) is 2.83. The number of nitrogens with one attached hydrogen (secondary N) is 1. The first kappa shape index (κ1) is 7.79. The largest absolute Gasteiger partial charge is 0.384 e. The Morgan fingerprint density at radius 1 is 1.38 bits per heavy atom. The van der Waals surface area contributed by atoms with E-state index >= 15 is 0 Å². The number of aryl methyl sites for hydroxylation is 1. The van der Waals surface area contributed by atoms with Gasteiger partial charge in [0.05, 0.1) is 18.2 Å². The molecule has 13 heavy (non-hydrogen) atoms. The predicted molar refractivity (Wildman–Crippen MR) is 51.0 cm³/mol. The van der Waals surface area contributed by atoms with Crippen molar-refractivity contribution in [1.29, 1.82) is 0 Å². The average Bonchev–Trinajstić information content (AvgIpc) is 2.56. The molecule has 2 rings (SSSR count). The van der Waals surface area contributed by atoms with E-state index in [1.807, 2.05) is 13.0 Å². The van der Waals surface area contributed by atoms with E-state index in [-0.39, 0.29) is 0 Å². The van der Waals surface area contributed by atoms with Gasteiger partial charge >= 0.3 is 0 Å². The Hall–Kier alpha value is -1.84. The molecule has 0 amide bonds. The molecular formula is C9H10N4. The fourth-order valence-corrected chi connectivity index (χ4v) is 1.27. The van der Waals surface area contributed by atoms with Crippen molar-refractivity contribution in [1.82, 2.24) is 15.0 Å². The molecule has 3 N–H and O–H groups in total. The number of nitrogens with two attached hydrogens (primary N) is 1. The summed E-state index contributed by atoms with van der Waals surface area (Å²) in [6.07, 6.45) is 3.41. The minimum atomic E-state index is 0.542. The lowest BCUT2D eigenvalue weighted by molar-refractivity contribution is 1.20. The second-order valence-electron chi connectivity index (χ2n) is 2.83. The maximum atomic E-state index is 5.54.